The standard InChI is InChI=1S/C24H25N3O5S/c1-32-19-11-13-20(14-12-19)33(30,31)26-16-15-23(28)27-22-10-6-5-9-21(22)24(29)25-17-18-7-3-2-4-8-18/h2-14,26H,15-17H2,1H3,(H,25,29)(H,27,28). The molecule has 3 rings (SSSR count). The maximum absolute atomic E-state index is 12.6. The summed E-state index contributed by atoms with van der Waals surface area (Å²) in [6, 6.07) is 22.1. The van der Waals surface area contributed by atoms with Gasteiger partial charge in [0.2, 0.25) is 15.9 Å². The minimum absolute atomic E-state index is 0.0733. The molecular formula is C24H25N3O5S. The molecule has 3 N–H and O–H groups in total. The summed E-state index contributed by atoms with van der Waals surface area (Å²) in [5.41, 5.74) is 1.63. The first-order valence-corrected chi connectivity index (χ1v) is 11.7. The summed E-state index contributed by atoms with van der Waals surface area (Å²) in [6.45, 7) is 0.262. The van der Waals surface area contributed by atoms with Gasteiger partial charge in [-0.1, -0.05) is 42.5 Å². The molecule has 172 valence electrons. The number of carbonyl (C=O) groups excluding carboxylic acids is 2. The fourth-order valence-corrected chi connectivity index (χ4v) is 4.05. The summed E-state index contributed by atoms with van der Waals surface area (Å²) < 4.78 is 32.1. The van der Waals surface area contributed by atoms with Gasteiger partial charge in [0, 0.05) is 19.5 Å². The fraction of sp³-hybridized carbons (Fsp3) is 0.167. The van der Waals surface area contributed by atoms with Crippen molar-refractivity contribution in [3.63, 3.8) is 0 Å². The monoisotopic (exact) mass is 467 g/mol. The highest BCUT2D eigenvalue weighted by Crippen LogP contribution is 2.17. The zero-order chi connectivity index (χ0) is 23.7. The molecule has 0 saturated carbocycles. The SMILES string of the molecule is COc1ccc(S(=O)(=O)NCCC(=O)Nc2ccccc2C(=O)NCc2ccccc2)cc1. The molecule has 9 heteroatoms. The quantitative estimate of drug-likeness (QED) is 0.424. The van der Waals surface area contributed by atoms with Crippen molar-refractivity contribution in [1.82, 2.24) is 10.0 Å². The van der Waals surface area contributed by atoms with Crippen LogP contribution >= 0.6 is 0 Å². The first kappa shape index (κ1) is 24.0. The molecule has 0 fully saturated rings. The Bertz CT molecular complexity index is 1200. The van der Waals surface area contributed by atoms with Crippen molar-refractivity contribution in [3.8, 4) is 5.75 Å². The Balaban J connectivity index is 1.54. The number of rotatable bonds is 10. The Morgan fingerprint density at radius 1 is 0.879 bits per heavy atom. The number of nitrogens with one attached hydrogen (secondary N) is 3. The third kappa shape index (κ3) is 6.90. The number of carbonyl (C=O) groups is 2. The number of methoxy groups -OCH3 is 1. The highest BCUT2D eigenvalue weighted by Gasteiger charge is 2.16. The van der Waals surface area contributed by atoms with E-state index in [1.165, 1.54) is 19.2 Å². The summed E-state index contributed by atoms with van der Waals surface area (Å²) in [6.07, 6.45) is -0.102. The number of hydrogen-bond acceptors (Lipinski definition) is 5. The molecule has 0 saturated heterocycles. The van der Waals surface area contributed by atoms with Gasteiger partial charge in [0.1, 0.15) is 5.75 Å². The van der Waals surface area contributed by atoms with Crippen molar-refractivity contribution in [3.05, 3.63) is 90.0 Å². The lowest BCUT2D eigenvalue weighted by molar-refractivity contribution is -0.116. The lowest BCUT2D eigenvalue weighted by Gasteiger charge is -2.12. The first-order chi connectivity index (χ1) is 15.9. The lowest BCUT2D eigenvalue weighted by atomic mass is 10.1. The fourth-order valence-electron chi connectivity index (χ4n) is 3.01. The number of benzene rings is 3. The lowest BCUT2D eigenvalue weighted by Crippen LogP contribution is -2.28. The van der Waals surface area contributed by atoms with E-state index in [1.54, 1.807) is 36.4 Å². The molecule has 0 aliphatic carbocycles. The van der Waals surface area contributed by atoms with Crippen molar-refractivity contribution in [2.45, 2.75) is 17.9 Å². The molecule has 0 unspecified atom stereocenters. The van der Waals surface area contributed by atoms with E-state index in [0.29, 0.717) is 23.5 Å². The van der Waals surface area contributed by atoms with E-state index in [9.17, 15) is 18.0 Å². The molecule has 0 aliphatic heterocycles. The van der Waals surface area contributed by atoms with Crippen LogP contribution in [0.25, 0.3) is 0 Å². The molecule has 0 aromatic heterocycles. The van der Waals surface area contributed by atoms with Crippen LogP contribution in [0.4, 0.5) is 5.69 Å². The summed E-state index contributed by atoms with van der Waals surface area (Å²) in [5.74, 6) is -0.203. The first-order valence-electron chi connectivity index (χ1n) is 10.2. The summed E-state index contributed by atoms with van der Waals surface area (Å²) in [5, 5.41) is 5.51. The highest BCUT2D eigenvalue weighted by atomic mass is 32.2. The van der Waals surface area contributed by atoms with Gasteiger partial charge >= 0.3 is 0 Å². The van der Waals surface area contributed by atoms with Gasteiger partial charge in [0.05, 0.1) is 23.3 Å². The normalized spacial score (nSPS) is 10.9. The topological polar surface area (TPSA) is 114 Å². The number of para-hydroxylation sites is 1. The predicted octanol–water partition coefficient (Wildman–Crippen LogP) is 2.93. The minimum Gasteiger partial charge on any atom is -0.497 e. The Labute approximate surface area is 193 Å². The van der Waals surface area contributed by atoms with Gasteiger partial charge in [0.15, 0.2) is 0 Å². The molecule has 33 heavy (non-hydrogen) atoms. The van der Waals surface area contributed by atoms with E-state index < -0.39 is 15.9 Å². The Morgan fingerprint density at radius 2 is 1.55 bits per heavy atom. The van der Waals surface area contributed by atoms with Gasteiger partial charge in [-0.3, -0.25) is 9.59 Å². The van der Waals surface area contributed by atoms with Gasteiger partial charge in [-0.05, 0) is 42.0 Å². The Hall–Kier alpha value is -3.69. The van der Waals surface area contributed by atoms with Crippen LogP contribution in [-0.4, -0.2) is 33.9 Å². The van der Waals surface area contributed by atoms with E-state index in [1.807, 2.05) is 30.3 Å². The Morgan fingerprint density at radius 3 is 2.24 bits per heavy atom. The van der Waals surface area contributed by atoms with Gasteiger partial charge in [-0.25, -0.2) is 13.1 Å². The average molecular weight is 468 g/mol. The van der Waals surface area contributed by atoms with Crippen molar-refractivity contribution >= 4 is 27.5 Å². The maximum atomic E-state index is 12.6. The highest BCUT2D eigenvalue weighted by molar-refractivity contribution is 7.89. The second-order valence-corrected chi connectivity index (χ2v) is 8.85. The Kier molecular flexibility index (Phi) is 8.17. The van der Waals surface area contributed by atoms with Gasteiger partial charge in [-0.15, -0.1) is 0 Å². The molecule has 0 aliphatic rings. The summed E-state index contributed by atoms with van der Waals surface area (Å²) in [7, 11) is -2.27. The third-order valence-electron chi connectivity index (χ3n) is 4.76. The van der Waals surface area contributed by atoms with Crippen LogP contribution in [0.15, 0.2) is 83.8 Å². The molecule has 8 nitrogen and oxygen atoms in total. The second-order valence-electron chi connectivity index (χ2n) is 7.09. The zero-order valence-corrected chi connectivity index (χ0v) is 18.9. The van der Waals surface area contributed by atoms with Crippen LogP contribution in [0, 0.1) is 0 Å². The van der Waals surface area contributed by atoms with Crippen LogP contribution in [0.5, 0.6) is 5.75 Å². The van der Waals surface area contributed by atoms with Crippen LogP contribution in [0.3, 0.4) is 0 Å². The van der Waals surface area contributed by atoms with Crippen molar-refractivity contribution in [2.24, 2.45) is 0 Å². The van der Waals surface area contributed by atoms with Gasteiger partial charge in [0.25, 0.3) is 5.91 Å². The van der Waals surface area contributed by atoms with Crippen molar-refractivity contribution in [1.29, 1.82) is 0 Å². The molecule has 3 aromatic carbocycles. The molecule has 0 heterocycles. The largest absolute Gasteiger partial charge is 0.497 e. The smallest absolute Gasteiger partial charge is 0.253 e. The molecule has 0 radical (unpaired) electrons. The van der Waals surface area contributed by atoms with Crippen LogP contribution in [-0.2, 0) is 21.4 Å². The van der Waals surface area contributed by atoms with E-state index in [0.717, 1.165) is 5.56 Å². The number of ether oxygens (including phenoxy) is 1. The maximum Gasteiger partial charge on any atom is 0.253 e. The van der Waals surface area contributed by atoms with Crippen LogP contribution in [0.1, 0.15) is 22.3 Å². The number of sulfonamides is 1. The molecular weight excluding hydrogens is 442 g/mol. The van der Waals surface area contributed by atoms with Crippen LogP contribution < -0.4 is 20.1 Å². The predicted molar refractivity (Wildman–Crippen MR) is 125 cm³/mol. The number of hydrogen-bond donors (Lipinski definition) is 3. The number of amides is 2. The van der Waals surface area contributed by atoms with E-state index >= 15 is 0 Å². The van der Waals surface area contributed by atoms with E-state index in [2.05, 4.69) is 15.4 Å². The summed E-state index contributed by atoms with van der Waals surface area (Å²) in [4.78, 5) is 25.1. The van der Waals surface area contributed by atoms with Crippen LogP contribution in [0.2, 0.25) is 0 Å². The van der Waals surface area contributed by atoms with Crippen molar-refractivity contribution < 1.29 is 22.7 Å². The number of anilines is 1. The second kappa shape index (κ2) is 11.3. The summed E-state index contributed by atoms with van der Waals surface area (Å²) >= 11 is 0. The molecule has 0 bridgehead atoms. The van der Waals surface area contributed by atoms with Crippen molar-refractivity contribution in [2.75, 3.05) is 19.0 Å². The van der Waals surface area contributed by atoms with Gasteiger partial charge < -0.3 is 15.4 Å². The third-order valence-corrected chi connectivity index (χ3v) is 6.23. The molecule has 0 spiro atoms. The minimum atomic E-state index is -3.76. The average Bonchev–Trinajstić information content (AvgIpc) is 2.83. The van der Waals surface area contributed by atoms with E-state index in [-0.39, 0.29) is 23.8 Å². The van der Waals surface area contributed by atoms with Gasteiger partial charge in [-0.2, -0.15) is 0 Å². The zero-order valence-electron chi connectivity index (χ0n) is 18.1. The van der Waals surface area contributed by atoms with E-state index in [4.69, 9.17) is 4.74 Å². The molecule has 0 atom stereocenters. The molecule has 3 aromatic rings. The molecule has 2 amide bonds.